The van der Waals surface area contributed by atoms with E-state index in [0.29, 0.717) is 24.5 Å². The second-order valence-corrected chi connectivity index (χ2v) is 8.33. The lowest BCUT2D eigenvalue weighted by atomic mass is 10.1. The molecule has 1 saturated heterocycles. The molecule has 4 aromatic rings. The smallest absolute Gasteiger partial charge is 0.433 e. The van der Waals surface area contributed by atoms with Crippen molar-refractivity contribution in [1.29, 1.82) is 0 Å². The van der Waals surface area contributed by atoms with Gasteiger partial charge in [-0.25, -0.2) is 9.50 Å². The Morgan fingerprint density at radius 1 is 1.12 bits per heavy atom. The molecule has 3 aromatic heterocycles. The molecule has 0 bridgehead atoms. The Morgan fingerprint density at radius 3 is 2.64 bits per heavy atom. The number of ether oxygens (including phenoxy) is 1. The van der Waals surface area contributed by atoms with E-state index >= 15 is 0 Å². The van der Waals surface area contributed by atoms with Crippen LogP contribution in [-0.4, -0.2) is 39.7 Å². The Balaban J connectivity index is 1.29. The molecular formula is C24H23F3N4O2. The van der Waals surface area contributed by atoms with Crippen LogP contribution in [0.15, 0.2) is 52.9 Å². The quantitative estimate of drug-likeness (QED) is 0.407. The summed E-state index contributed by atoms with van der Waals surface area (Å²) < 4.78 is 52.4. The Kier molecular flexibility index (Phi) is 5.36. The maximum atomic E-state index is 13.4. The van der Waals surface area contributed by atoms with E-state index in [1.807, 2.05) is 36.4 Å². The van der Waals surface area contributed by atoms with Crippen LogP contribution in [0.2, 0.25) is 0 Å². The van der Waals surface area contributed by atoms with Crippen LogP contribution in [0.3, 0.4) is 0 Å². The van der Waals surface area contributed by atoms with Gasteiger partial charge in [-0.1, -0.05) is 0 Å². The van der Waals surface area contributed by atoms with E-state index in [0.717, 1.165) is 46.4 Å². The summed E-state index contributed by atoms with van der Waals surface area (Å²) in [5.41, 5.74) is 1.35. The number of benzene rings is 1. The molecule has 0 aliphatic carbocycles. The van der Waals surface area contributed by atoms with Gasteiger partial charge in [-0.05, 0) is 62.4 Å². The largest absolute Gasteiger partial charge is 0.497 e. The van der Waals surface area contributed by atoms with Crippen molar-refractivity contribution in [3.63, 3.8) is 0 Å². The third-order valence-corrected chi connectivity index (χ3v) is 5.97. The Labute approximate surface area is 188 Å². The number of fused-ring (bicyclic) bond motifs is 1. The van der Waals surface area contributed by atoms with Crippen molar-refractivity contribution in [2.45, 2.75) is 32.0 Å². The van der Waals surface area contributed by atoms with Crippen molar-refractivity contribution in [1.82, 2.24) is 19.5 Å². The Hall–Kier alpha value is -3.33. The molecule has 0 radical (unpaired) electrons. The fourth-order valence-electron chi connectivity index (χ4n) is 4.33. The van der Waals surface area contributed by atoms with Gasteiger partial charge in [0.05, 0.1) is 19.3 Å². The monoisotopic (exact) mass is 456 g/mol. The number of aromatic nitrogens is 3. The number of halogens is 3. The predicted octanol–water partition coefficient (Wildman–Crippen LogP) is 5.31. The summed E-state index contributed by atoms with van der Waals surface area (Å²) in [5.74, 6) is 2.45. The molecule has 1 unspecified atom stereocenters. The van der Waals surface area contributed by atoms with Crippen LogP contribution in [-0.2, 0) is 12.7 Å². The van der Waals surface area contributed by atoms with Crippen molar-refractivity contribution in [3.8, 4) is 17.1 Å². The number of aryl methyl sites for hydroxylation is 1. The summed E-state index contributed by atoms with van der Waals surface area (Å²) in [6, 6.07) is 14.3. The summed E-state index contributed by atoms with van der Waals surface area (Å²) in [7, 11) is 1.63. The van der Waals surface area contributed by atoms with Crippen LogP contribution in [0, 0.1) is 6.92 Å². The second kappa shape index (κ2) is 8.22. The van der Waals surface area contributed by atoms with Gasteiger partial charge in [-0.15, -0.1) is 0 Å². The molecule has 1 aliphatic heterocycles. The van der Waals surface area contributed by atoms with E-state index in [2.05, 4.69) is 15.0 Å². The molecule has 4 heterocycles. The van der Waals surface area contributed by atoms with Crippen molar-refractivity contribution in [3.05, 3.63) is 71.4 Å². The third-order valence-electron chi connectivity index (χ3n) is 5.97. The molecular weight excluding hydrogens is 433 g/mol. The number of nitrogens with zero attached hydrogens (tertiary/aromatic N) is 4. The first-order valence-electron chi connectivity index (χ1n) is 10.7. The lowest BCUT2D eigenvalue weighted by Crippen LogP contribution is -2.19. The topological polar surface area (TPSA) is 55.8 Å². The van der Waals surface area contributed by atoms with E-state index in [4.69, 9.17) is 9.15 Å². The van der Waals surface area contributed by atoms with Gasteiger partial charge in [0.25, 0.3) is 0 Å². The molecule has 1 fully saturated rings. The van der Waals surface area contributed by atoms with Gasteiger partial charge < -0.3 is 9.15 Å². The van der Waals surface area contributed by atoms with Gasteiger partial charge in [0.15, 0.2) is 5.65 Å². The van der Waals surface area contributed by atoms with Crippen LogP contribution in [0.5, 0.6) is 5.75 Å². The molecule has 172 valence electrons. The minimum atomic E-state index is -4.49. The SMILES string of the molecule is COc1ccc(-c2ccc(CN3CCC(c4cc5nc(C)cc(C(F)(F)F)n5n4)C3)o2)cc1. The first-order valence-corrected chi connectivity index (χ1v) is 10.7. The van der Waals surface area contributed by atoms with Crippen LogP contribution in [0.1, 0.15) is 35.2 Å². The van der Waals surface area contributed by atoms with Crippen LogP contribution >= 0.6 is 0 Å². The summed E-state index contributed by atoms with van der Waals surface area (Å²) in [6.45, 7) is 3.70. The highest BCUT2D eigenvalue weighted by atomic mass is 19.4. The fourth-order valence-corrected chi connectivity index (χ4v) is 4.33. The van der Waals surface area contributed by atoms with Gasteiger partial charge in [-0.3, -0.25) is 4.90 Å². The first kappa shape index (κ1) is 21.5. The van der Waals surface area contributed by atoms with Gasteiger partial charge in [0.2, 0.25) is 0 Å². The van der Waals surface area contributed by atoms with Gasteiger partial charge >= 0.3 is 6.18 Å². The van der Waals surface area contributed by atoms with Crippen LogP contribution < -0.4 is 4.74 Å². The average molecular weight is 456 g/mol. The molecule has 33 heavy (non-hydrogen) atoms. The number of rotatable bonds is 5. The number of likely N-dealkylation sites (tertiary alicyclic amines) is 1. The maximum absolute atomic E-state index is 13.4. The normalized spacial score (nSPS) is 17.2. The maximum Gasteiger partial charge on any atom is 0.433 e. The molecule has 0 amide bonds. The molecule has 1 atom stereocenters. The number of hydrogen-bond donors (Lipinski definition) is 0. The zero-order valence-electron chi connectivity index (χ0n) is 18.3. The zero-order valence-corrected chi connectivity index (χ0v) is 18.3. The van der Waals surface area contributed by atoms with Crippen LogP contribution in [0.25, 0.3) is 17.0 Å². The molecule has 0 spiro atoms. The van der Waals surface area contributed by atoms with Gasteiger partial charge in [0, 0.05) is 29.8 Å². The van der Waals surface area contributed by atoms with E-state index in [9.17, 15) is 13.2 Å². The highest BCUT2D eigenvalue weighted by molar-refractivity contribution is 5.58. The van der Waals surface area contributed by atoms with Crippen LogP contribution in [0.4, 0.5) is 13.2 Å². The first-order chi connectivity index (χ1) is 15.8. The zero-order chi connectivity index (χ0) is 23.2. The Morgan fingerprint density at radius 2 is 1.91 bits per heavy atom. The van der Waals surface area contributed by atoms with Crippen molar-refractivity contribution < 1.29 is 22.3 Å². The lowest BCUT2D eigenvalue weighted by molar-refractivity contribution is -0.142. The summed E-state index contributed by atoms with van der Waals surface area (Å²) in [5, 5.41) is 4.28. The van der Waals surface area contributed by atoms with E-state index in [1.54, 1.807) is 20.1 Å². The minimum absolute atomic E-state index is 0.0455. The molecule has 0 N–H and O–H groups in total. The molecule has 6 nitrogen and oxygen atoms in total. The van der Waals surface area contributed by atoms with Crippen molar-refractivity contribution in [2.24, 2.45) is 0 Å². The van der Waals surface area contributed by atoms with Gasteiger partial charge in [0.1, 0.15) is 23.0 Å². The summed E-state index contributed by atoms with van der Waals surface area (Å²) in [6.07, 6.45) is -3.67. The van der Waals surface area contributed by atoms with E-state index in [1.165, 1.54) is 0 Å². The molecule has 1 aliphatic rings. The highest BCUT2D eigenvalue weighted by Crippen LogP contribution is 2.33. The van der Waals surface area contributed by atoms with Crippen molar-refractivity contribution in [2.75, 3.05) is 20.2 Å². The number of alkyl halides is 3. The summed E-state index contributed by atoms with van der Waals surface area (Å²) in [4.78, 5) is 6.47. The molecule has 1 aromatic carbocycles. The summed E-state index contributed by atoms with van der Waals surface area (Å²) >= 11 is 0. The standard InChI is InChI=1S/C24H23F3N4O2/c1-15-11-22(24(25,26)27)31-23(28-15)12-20(29-31)17-9-10-30(13-17)14-19-7-8-21(33-19)16-3-5-18(32-2)6-4-16/h3-8,11-12,17H,9-10,13-14H2,1-2H3. The number of furan rings is 1. The average Bonchev–Trinajstić information content (AvgIpc) is 3.52. The van der Waals surface area contributed by atoms with Gasteiger partial charge in [-0.2, -0.15) is 18.3 Å². The van der Waals surface area contributed by atoms with E-state index < -0.39 is 11.9 Å². The van der Waals surface area contributed by atoms with E-state index in [-0.39, 0.29) is 11.6 Å². The fraction of sp³-hybridized carbons (Fsp3) is 0.333. The second-order valence-electron chi connectivity index (χ2n) is 8.33. The Bertz CT molecular complexity index is 1280. The highest BCUT2D eigenvalue weighted by Gasteiger charge is 2.35. The third kappa shape index (κ3) is 4.32. The molecule has 5 rings (SSSR count). The minimum Gasteiger partial charge on any atom is -0.497 e. The van der Waals surface area contributed by atoms with Crippen molar-refractivity contribution >= 4 is 5.65 Å². The number of methoxy groups -OCH3 is 1. The molecule has 9 heteroatoms. The lowest BCUT2D eigenvalue weighted by Gasteiger charge is -2.13. The molecule has 0 saturated carbocycles. The number of hydrogen-bond acceptors (Lipinski definition) is 5. The predicted molar refractivity (Wildman–Crippen MR) is 116 cm³/mol.